The summed E-state index contributed by atoms with van der Waals surface area (Å²) in [5, 5.41) is 30.5. The van der Waals surface area contributed by atoms with Crippen LogP contribution in [-0.2, 0) is 6.42 Å². The Bertz CT molecular complexity index is 1670. The first-order chi connectivity index (χ1) is 21.5. The van der Waals surface area contributed by atoms with Crippen molar-refractivity contribution in [1.82, 2.24) is 29.3 Å². The van der Waals surface area contributed by atoms with Gasteiger partial charge in [-0.25, -0.2) is 4.98 Å². The SMILES string of the molecule is CCc1cnn([C@H]2C[C@@H](n3cnc4c(NCC(c5ccccc5)c5ccccc5)nc(N5CC[C@@H](N)C5)nc43)[C@H](O)[C@@H]2O)c1. The number of aryl methyl sites for hydroxylation is 1. The number of nitrogens with one attached hydrogen (secondary N) is 1. The number of rotatable bonds is 9. The molecule has 11 heteroatoms. The second-order valence-corrected chi connectivity index (χ2v) is 12.0. The van der Waals surface area contributed by atoms with Crippen LogP contribution in [0.1, 0.15) is 54.5 Å². The molecular weight excluding hydrogens is 554 g/mol. The van der Waals surface area contributed by atoms with E-state index in [1.54, 1.807) is 11.0 Å². The molecule has 3 aromatic heterocycles. The van der Waals surface area contributed by atoms with E-state index in [2.05, 4.69) is 70.8 Å². The number of benzene rings is 2. The highest BCUT2D eigenvalue weighted by Crippen LogP contribution is 2.40. The van der Waals surface area contributed by atoms with E-state index in [1.807, 2.05) is 29.1 Å². The molecule has 0 spiro atoms. The van der Waals surface area contributed by atoms with Crippen LogP contribution in [0.15, 0.2) is 79.4 Å². The van der Waals surface area contributed by atoms with Gasteiger partial charge in [-0.3, -0.25) is 4.68 Å². The fourth-order valence-corrected chi connectivity index (χ4v) is 6.64. The molecule has 1 aliphatic carbocycles. The van der Waals surface area contributed by atoms with E-state index in [0.717, 1.165) is 24.9 Å². The van der Waals surface area contributed by atoms with Crippen LogP contribution < -0.4 is 16.0 Å². The molecule has 5 N–H and O–H groups in total. The van der Waals surface area contributed by atoms with E-state index in [0.29, 0.717) is 42.4 Å². The van der Waals surface area contributed by atoms with Gasteiger partial charge >= 0.3 is 0 Å². The Hall–Kier alpha value is -4.32. The Labute approximate surface area is 256 Å². The highest BCUT2D eigenvalue weighted by atomic mass is 16.3. The minimum absolute atomic E-state index is 0.0609. The molecule has 11 nitrogen and oxygen atoms in total. The Kier molecular flexibility index (Phi) is 7.75. The molecule has 44 heavy (non-hydrogen) atoms. The average Bonchev–Trinajstić information content (AvgIpc) is 3.86. The van der Waals surface area contributed by atoms with Gasteiger partial charge in [0.15, 0.2) is 17.0 Å². The molecule has 2 aliphatic rings. The van der Waals surface area contributed by atoms with E-state index in [1.165, 1.54) is 11.1 Å². The first-order valence-corrected chi connectivity index (χ1v) is 15.5. The van der Waals surface area contributed by atoms with Crippen molar-refractivity contribution in [2.24, 2.45) is 5.73 Å². The van der Waals surface area contributed by atoms with Crippen molar-refractivity contribution in [2.75, 3.05) is 29.9 Å². The maximum absolute atomic E-state index is 11.3. The van der Waals surface area contributed by atoms with Crippen LogP contribution in [-0.4, -0.2) is 77.4 Å². The molecule has 0 unspecified atom stereocenters. The zero-order valence-electron chi connectivity index (χ0n) is 24.8. The summed E-state index contributed by atoms with van der Waals surface area (Å²) in [6.45, 7) is 4.10. The van der Waals surface area contributed by atoms with E-state index in [-0.39, 0.29) is 18.0 Å². The van der Waals surface area contributed by atoms with E-state index in [4.69, 9.17) is 20.7 Å². The summed E-state index contributed by atoms with van der Waals surface area (Å²) in [6.07, 6.45) is 5.69. The molecule has 4 heterocycles. The highest BCUT2D eigenvalue weighted by molar-refractivity contribution is 5.84. The second kappa shape index (κ2) is 12.0. The summed E-state index contributed by atoms with van der Waals surface area (Å²) < 4.78 is 3.67. The molecule has 2 aromatic carbocycles. The number of aliphatic hydroxyl groups is 2. The van der Waals surface area contributed by atoms with Crippen LogP contribution in [0.2, 0.25) is 0 Å². The molecule has 5 atom stereocenters. The zero-order valence-corrected chi connectivity index (χ0v) is 24.8. The van der Waals surface area contributed by atoms with Gasteiger partial charge in [0.25, 0.3) is 0 Å². The first-order valence-electron chi connectivity index (χ1n) is 15.5. The lowest BCUT2D eigenvalue weighted by atomic mass is 9.91. The van der Waals surface area contributed by atoms with Crippen molar-refractivity contribution in [1.29, 1.82) is 0 Å². The summed E-state index contributed by atoms with van der Waals surface area (Å²) in [7, 11) is 0. The maximum atomic E-state index is 11.3. The van der Waals surface area contributed by atoms with Gasteiger partial charge in [-0.05, 0) is 36.0 Å². The third-order valence-corrected chi connectivity index (χ3v) is 9.18. The zero-order chi connectivity index (χ0) is 30.2. The number of anilines is 2. The van der Waals surface area contributed by atoms with Gasteiger partial charge in [0, 0.05) is 37.8 Å². The molecule has 228 valence electrons. The van der Waals surface area contributed by atoms with Crippen molar-refractivity contribution < 1.29 is 10.2 Å². The maximum Gasteiger partial charge on any atom is 0.229 e. The average molecular weight is 594 g/mol. The third kappa shape index (κ3) is 5.31. The molecule has 1 saturated heterocycles. The van der Waals surface area contributed by atoms with E-state index in [9.17, 15) is 10.2 Å². The fraction of sp³-hybridized carbons (Fsp3) is 0.394. The van der Waals surface area contributed by atoms with Crippen molar-refractivity contribution in [3.63, 3.8) is 0 Å². The predicted octanol–water partition coefficient (Wildman–Crippen LogP) is 3.27. The van der Waals surface area contributed by atoms with Crippen LogP contribution in [0.3, 0.4) is 0 Å². The largest absolute Gasteiger partial charge is 0.388 e. The summed E-state index contributed by atoms with van der Waals surface area (Å²) in [5.41, 5.74) is 11.0. The van der Waals surface area contributed by atoms with Crippen molar-refractivity contribution in [3.05, 3.63) is 96.1 Å². The minimum Gasteiger partial charge on any atom is -0.388 e. The van der Waals surface area contributed by atoms with Gasteiger partial charge in [-0.2, -0.15) is 15.1 Å². The Morgan fingerprint density at radius 1 is 0.977 bits per heavy atom. The van der Waals surface area contributed by atoms with Crippen LogP contribution >= 0.6 is 0 Å². The topological polar surface area (TPSA) is 143 Å². The summed E-state index contributed by atoms with van der Waals surface area (Å²) in [6, 6.07) is 20.1. The standard InChI is InChI=1S/C33H39N9O2/c1-2-21-16-37-42(18-21)27-15-26(29(43)30(27)44)41-20-36-28-31(38-33(39-32(28)41)40-14-13-24(34)19-40)35-17-25(22-9-5-3-6-10-22)23-11-7-4-8-12-23/h3-12,16,18,20,24-27,29-30,43-44H,2,13-15,17,19,34H2,1H3,(H,35,38,39)/t24-,26-,27+,29+,30-/m1/s1. The van der Waals surface area contributed by atoms with Crippen molar-refractivity contribution in [2.45, 2.75) is 62.4 Å². The quantitative estimate of drug-likeness (QED) is 0.202. The Morgan fingerprint density at radius 3 is 2.32 bits per heavy atom. The monoisotopic (exact) mass is 593 g/mol. The van der Waals surface area contributed by atoms with Crippen LogP contribution in [0.4, 0.5) is 11.8 Å². The van der Waals surface area contributed by atoms with Gasteiger partial charge in [0.1, 0.15) is 12.2 Å². The normalized spacial score (nSPS) is 23.7. The molecule has 0 bridgehead atoms. The number of hydrogen-bond acceptors (Lipinski definition) is 9. The molecular formula is C33H39N9O2. The number of fused-ring (bicyclic) bond motifs is 1. The predicted molar refractivity (Wildman–Crippen MR) is 170 cm³/mol. The summed E-state index contributed by atoms with van der Waals surface area (Å²) in [4.78, 5) is 16.8. The molecule has 1 saturated carbocycles. The number of aromatic nitrogens is 6. The van der Waals surface area contributed by atoms with Crippen LogP contribution in [0.25, 0.3) is 11.2 Å². The summed E-state index contributed by atoms with van der Waals surface area (Å²) in [5.74, 6) is 1.29. The molecule has 0 radical (unpaired) electrons. The fourth-order valence-electron chi connectivity index (χ4n) is 6.64. The number of nitrogens with two attached hydrogens (primary N) is 1. The van der Waals surface area contributed by atoms with Crippen molar-refractivity contribution >= 4 is 22.9 Å². The molecule has 7 rings (SSSR count). The molecule has 2 fully saturated rings. The number of hydrogen-bond donors (Lipinski definition) is 4. The Morgan fingerprint density at radius 2 is 1.68 bits per heavy atom. The van der Waals surface area contributed by atoms with Gasteiger partial charge in [0.05, 0.1) is 24.6 Å². The lowest BCUT2D eigenvalue weighted by molar-refractivity contribution is 0.00721. The Balaban J connectivity index is 1.25. The third-order valence-electron chi connectivity index (χ3n) is 9.18. The molecule has 0 amide bonds. The second-order valence-electron chi connectivity index (χ2n) is 12.0. The number of nitrogens with zero attached hydrogens (tertiary/aromatic N) is 7. The lowest BCUT2D eigenvalue weighted by Gasteiger charge is -2.22. The number of imidazole rings is 1. The van der Waals surface area contributed by atoms with E-state index >= 15 is 0 Å². The highest BCUT2D eigenvalue weighted by Gasteiger charge is 2.44. The van der Waals surface area contributed by atoms with Gasteiger partial charge in [-0.15, -0.1) is 0 Å². The smallest absolute Gasteiger partial charge is 0.229 e. The van der Waals surface area contributed by atoms with Gasteiger partial charge in [-0.1, -0.05) is 67.6 Å². The van der Waals surface area contributed by atoms with Crippen LogP contribution in [0.5, 0.6) is 0 Å². The van der Waals surface area contributed by atoms with Crippen molar-refractivity contribution in [3.8, 4) is 0 Å². The molecule has 5 aromatic rings. The number of aliphatic hydroxyl groups excluding tert-OH is 2. The first kappa shape index (κ1) is 28.5. The van der Waals surface area contributed by atoms with E-state index < -0.39 is 18.2 Å². The lowest BCUT2D eigenvalue weighted by Crippen LogP contribution is -2.30. The van der Waals surface area contributed by atoms with Crippen LogP contribution in [0, 0.1) is 0 Å². The minimum atomic E-state index is -1.01. The van der Waals surface area contributed by atoms with Gasteiger partial charge in [0.2, 0.25) is 5.95 Å². The summed E-state index contributed by atoms with van der Waals surface area (Å²) >= 11 is 0. The molecule has 1 aliphatic heterocycles. The van der Waals surface area contributed by atoms with Gasteiger partial charge < -0.3 is 30.7 Å².